The van der Waals surface area contributed by atoms with Crippen molar-refractivity contribution in [1.29, 1.82) is 0 Å². The minimum atomic E-state index is -0.812. The van der Waals surface area contributed by atoms with E-state index in [4.69, 9.17) is 0 Å². The van der Waals surface area contributed by atoms with E-state index in [0.717, 1.165) is 28.8 Å². The molecule has 0 aliphatic carbocycles. The van der Waals surface area contributed by atoms with Gasteiger partial charge >= 0.3 is 0 Å². The van der Waals surface area contributed by atoms with Crippen molar-refractivity contribution in [2.24, 2.45) is 17.8 Å². The van der Waals surface area contributed by atoms with Crippen LogP contribution in [0.1, 0.15) is 43.4 Å². The molecule has 0 saturated carbocycles. The van der Waals surface area contributed by atoms with Gasteiger partial charge in [0.25, 0.3) is 5.91 Å². The molecule has 3 fully saturated rings. The van der Waals surface area contributed by atoms with Gasteiger partial charge in [-0.2, -0.15) is 0 Å². The normalized spacial score (nSPS) is 26.0. The predicted molar refractivity (Wildman–Crippen MR) is 177 cm³/mol. The number of hydrogen-bond acceptors (Lipinski definition) is 5. The van der Waals surface area contributed by atoms with E-state index in [1.807, 2.05) is 76.2 Å². The SMILES string of the molecule is C=CCN(Cc1ccccc1)C(=O)[C@@H]1[C@@H]2CCC3(S2)C(C(=O)N(CC=C)c2c(C)cccc2C)N([C@@H](CO)C(C)C)C(=O)[C@H]13. The molecular weight excluding hydrogens is 570 g/mol. The van der Waals surface area contributed by atoms with Crippen LogP contribution in [-0.4, -0.2) is 74.4 Å². The largest absolute Gasteiger partial charge is 0.394 e. The Morgan fingerprint density at radius 3 is 2.30 bits per heavy atom. The van der Waals surface area contributed by atoms with E-state index in [2.05, 4.69) is 13.2 Å². The molecule has 2 unspecified atom stereocenters. The zero-order valence-corrected chi connectivity index (χ0v) is 27.1. The highest BCUT2D eigenvalue weighted by Crippen LogP contribution is 2.67. The first-order chi connectivity index (χ1) is 21.1. The van der Waals surface area contributed by atoms with Crippen molar-refractivity contribution in [2.75, 3.05) is 24.6 Å². The van der Waals surface area contributed by atoms with Crippen LogP contribution in [0.25, 0.3) is 0 Å². The van der Waals surface area contributed by atoms with E-state index >= 15 is 0 Å². The highest BCUT2D eigenvalue weighted by atomic mass is 32.2. The molecule has 5 rings (SSSR count). The van der Waals surface area contributed by atoms with Gasteiger partial charge in [0.1, 0.15) is 6.04 Å². The third-order valence-corrected chi connectivity index (χ3v) is 11.7. The summed E-state index contributed by atoms with van der Waals surface area (Å²) in [6.45, 7) is 16.6. The molecule has 3 aliphatic rings. The van der Waals surface area contributed by atoms with Gasteiger partial charge in [-0.1, -0.05) is 74.5 Å². The minimum absolute atomic E-state index is 0.0586. The standard InChI is InChI=1S/C36H45N3O4S/c1-7-19-37(21-26-15-10-9-11-16-26)33(41)29-28-17-18-36(44-28)30(29)34(42)39(27(22-40)23(3)4)32(36)35(43)38(20-8-2)31-24(5)13-12-14-25(31)6/h7-16,23,27-30,32,40H,1-2,17-22H2,3-6H3/t27-,28-,29+,30-,32?,36?/m0/s1. The number of nitrogens with zero attached hydrogens (tertiary/aromatic N) is 3. The summed E-state index contributed by atoms with van der Waals surface area (Å²) in [6.07, 6.45) is 4.87. The fraction of sp³-hybridized carbons (Fsp3) is 0.472. The topological polar surface area (TPSA) is 81.2 Å². The molecule has 1 N–H and O–H groups in total. The number of anilines is 1. The van der Waals surface area contributed by atoms with Crippen LogP contribution in [0.3, 0.4) is 0 Å². The van der Waals surface area contributed by atoms with Crippen molar-refractivity contribution in [1.82, 2.24) is 9.80 Å². The second kappa shape index (κ2) is 12.9. The molecule has 2 aromatic rings. The fourth-order valence-electron chi connectivity index (χ4n) is 7.83. The number of carbonyl (C=O) groups excluding carboxylic acids is 3. The molecule has 3 aliphatic heterocycles. The first-order valence-electron chi connectivity index (χ1n) is 15.6. The number of thioether (sulfide) groups is 1. The Morgan fingerprint density at radius 2 is 1.70 bits per heavy atom. The maximum atomic E-state index is 15.0. The third kappa shape index (κ3) is 5.30. The maximum absolute atomic E-state index is 15.0. The Bertz CT molecular complexity index is 1410. The van der Waals surface area contributed by atoms with E-state index in [9.17, 15) is 19.5 Å². The number of amides is 3. The summed E-state index contributed by atoms with van der Waals surface area (Å²) < 4.78 is -0.760. The fourth-order valence-corrected chi connectivity index (χ4v) is 10.0. The number of benzene rings is 2. The Morgan fingerprint density at radius 1 is 1.05 bits per heavy atom. The van der Waals surface area contributed by atoms with Crippen LogP contribution in [-0.2, 0) is 20.9 Å². The maximum Gasteiger partial charge on any atom is 0.251 e. The lowest BCUT2D eigenvalue weighted by molar-refractivity contribution is -0.146. The van der Waals surface area contributed by atoms with Crippen LogP contribution in [0.4, 0.5) is 5.69 Å². The summed E-state index contributed by atoms with van der Waals surface area (Å²) >= 11 is 1.66. The molecule has 3 heterocycles. The van der Waals surface area contributed by atoms with Gasteiger partial charge in [0, 0.05) is 30.6 Å². The number of para-hydroxylation sites is 1. The highest BCUT2D eigenvalue weighted by molar-refractivity contribution is 8.02. The summed E-state index contributed by atoms with van der Waals surface area (Å²) in [6, 6.07) is 14.4. The molecule has 3 amide bonds. The Hall–Kier alpha value is -3.36. The van der Waals surface area contributed by atoms with Gasteiger partial charge in [-0.05, 0) is 49.3 Å². The molecule has 1 spiro atoms. The van der Waals surface area contributed by atoms with Crippen LogP contribution >= 0.6 is 11.8 Å². The van der Waals surface area contributed by atoms with Crippen LogP contribution < -0.4 is 4.90 Å². The highest BCUT2D eigenvalue weighted by Gasteiger charge is 2.74. The molecule has 8 heteroatoms. The van der Waals surface area contributed by atoms with Crippen LogP contribution in [0.5, 0.6) is 0 Å². The van der Waals surface area contributed by atoms with Gasteiger partial charge in [-0.15, -0.1) is 24.9 Å². The van der Waals surface area contributed by atoms with E-state index in [0.29, 0.717) is 19.5 Å². The second-order valence-corrected chi connectivity index (χ2v) is 14.4. The molecule has 0 radical (unpaired) electrons. The molecule has 6 atom stereocenters. The average Bonchev–Trinajstić information content (AvgIpc) is 3.64. The summed E-state index contributed by atoms with van der Waals surface area (Å²) in [5.74, 6) is -1.72. The summed E-state index contributed by atoms with van der Waals surface area (Å²) in [4.78, 5) is 49.4. The van der Waals surface area contributed by atoms with E-state index in [1.54, 1.807) is 38.6 Å². The zero-order valence-electron chi connectivity index (χ0n) is 26.3. The Kier molecular flexibility index (Phi) is 9.42. The van der Waals surface area contributed by atoms with Crippen molar-refractivity contribution in [3.8, 4) is 0 Å². The van der Waals surface area contributed by atoms with Gasteiger partial charge in [-0.25, -0.2) is 0 Å². The molecule has 3 saturated heterocycles. The van der Waals surface area contributed by atoms with Crippen molar-refractivity contribution < 1.29 is 19.5 Å². The smallest absolute Gasteiger partial charge is 0.251 e. The Labute approximate surface area is 266 Å². The summed E-state index contributed by atoms with van der Waals surface area (Å²) in [5, 5.41) is 10.6. The van der Waals surface area contributed by atoms with Gasteiger partial charge in [0.15, 0.2) is 0 Å². The zero-order chi connectivity index (χ0) is 31.8. The predicted octanol–water partition coefficient (Wildman–Crippen LogP) is 5.15. The minimum Gasteiger partial charge on any atom is -0.394 e. The monoisotopic (exact) mass is 615 g/mol. The first-order valence-corrected chi connectivity index (χ1v) is 16.5. The lowest BCUT2D eigenvalue weighted by Crippen LogP contribution is -2.58. The Balaban J connectivity index is 1.59. The quantitative estimate of drug-likeness (QED) is 0.335. The van der Waals surface area contributed by atoms with Gasteiger partial charge < -0.3 is 19.8 Å². The van der Waals surface area contributed by atoms with Crippen molar-refractivity contribution in [3.05, 3.63) is 90.5 Å². The van der Waals surface area contributed by atoms with Gasteiger partial charge in [-0.3, -0.25) is 14.4 Å². The number of fused-ring (bicyclic) bond motifs is 1. The number of aliphatic hydroxyl groups excluding tert-OH is 1. The molecule has 0 aromatic heterocycles. The molecule has 2 aromatic carbocycles. The summed E-state index contributed by atoms with van der Waals surface area (Å²) in [5.41, 5.74) is 3.75. The molecule has 234 valence electrons. The lowest BCUT2D eigenvalue weighted by Gasteiger charge is -2.41. The van der Waals surface area contributed by atoms with E-state index < -0.39 is 28.7 Å². The average molecular weight is 616 g/mol. The van der Waals surface area contributed by atoms with Crippen molar-refractivity contribution in [2.45, 2.75) is 69.2 Å². The third-order valence-electron chi connectivity index (χ3n) is 9.74. The number of carbonyl (C=O) groups is 3. The van der Waals surface area contributed by atoms with Crippen LogP contribution in [0.15, 0.2) is 73.8 Å². The van der Waals surface area contributed by atoms with E-state index in [1.165, 1.54) is 0 Å². The summed E-state index contributed by atoms with van der Waals surface area (Å²) in [7, 11) is 0. The lowest BCUT2D eigenvalue weighted by atomic mass is 9.70. The number of aryl methyl sites for hydroxylation is 2. The number of likely N-dealkylation sites (tertiary alicyclic amines) is 1. The molecule has 2 bridgehead atoms. The number of aliphatic hydroxyl groups is 1. The number of rotatable bonds is 12. The molecule has 44 heavy (non-hydrogen) atoms. The number of hydrogen-bond donors (Lipinski definition) is 1. The van der Waals surface area contributed by atoms with Crippen LogP contribution in [0.2, 0.25) is 0 Å². The van der Waals surface area contributed by atoms with Crippen molar-refractivity contribution in [3.63, 3.8) is 0 Å². The molecular formula is C36H45N3O4S. The van der Waals surface area contributed by atoms with Gasteiger partial charge in [0.2, 0.25) is 11.8 Å². The first kappa shape index (κ1) is 32.0. The van der Waals surface area contributed by atoms with Crippen molar-refractivity contribution >= 4 is 35.2 Å². The second-order valence-electron chi connectivity index (χ2n) is 12.8. The molecule has 7 nitrogen and oxygen atoms in total. The van der Waals surface area contributed by atoms with E-state index in [-0.39, 0.29) is 42.0 Å². The van der Waals surface area contributed by atoms with Crippen LogP contribution in [0, 0.1) is 31.6 Å². The van der Waals surface area contributed by atoms with Gasteiger partial charge in [0.05, 0.1) is 29.2 Å².